The summed E-state index contributed by atoms with van der Waals surface area (Å²) in [5.41, 5.74) is 0.674. The molecule has 0 spiro atoms. The van der Waals surface area contributed by atoms with E-state index in [4.69, 9.17) is 0 Å². The van der Waals surface area contributed by atoms with E-state index in [1.165, 1.54) is 18.2 Å². The van der Waals surface area contributed by atoms with Crippen molar-refractivity contribution in [1.82, 2.24) is 5.32 Å². The van der Waals surface area contributed by atoms with Crippen LogP contribution in [-0.4, -0.2) is 5.91 Å². The van der Waals surface area contributed by atoms with Gasteiger partial charge in [-0.15, -0.1) is 0 Å². The molecule has 0 aliphatic rings. The number of hydrogen-bond acceptors (Lipinski definition) is 2. The first kappa shape index (κ1) is 24.2. The van der Waals surface area contributed by atoms with E-state index >= 15 is 0 Å². The predicted octanol–water partition coefficient (Wildman–Crippen LogP) is 6.20. The van der Waals surface area contributed by atoms with Crippen LogP contribution in [0.4, 0.5) is 32.0 Å². The first-order chi connectivity index (χ1) is 15.5. The lowest BCUT2D eigenvalue weighted by Gasteiger charge is -2.11. The number of anilines is 1. The Hall–Kier alpha value is -3.49. The molecule has 3 nitrogen and oxygen atoms in total. The first-order valence-electron chi connectivity index (χ1n) is 9.92. The van der Waals surface area contributed by atoms with E-state index < -0.39 is 23.5 Å². The van der Waals surface area contributed by atoms with Crippen LogP contribution >= 0.6 is 0 Å². The number of hydrogen-bond donors (Lipinski definition) is 2. The van der Waals surface area contributed by atoms with Crippen molar-refractivity contribution < 1.29 is 31.1 Å². The molecule has 1 amide bonds. The molecule has 3 aromatic carbocycles. The maximum absolute atomic E-state index is 12.8. The highest BCUT2D eigenvalue weighted by Gasteiger charge is 2.31. The standard InChI is InChI=1S/C24H20F6N2O/c25-23(26,27)19-5-1-3-17(11-19)14-31-21-9-7-16(8-10-21)13-22(33)32-15-18-4-2-6-20(12-18)24(28,29)30/h1-12,31H,13-15H2,(H,32,33). The molecular weight excluding hydrogens is 446 g/mol. The van der Waals surface area contributed by atoms with Gasteiger partial charge in [-0.25, -0.2) is 0 Å². The van der Waals surface area contributed by atoms with Crippen LogP contribution < -0.4 is 10.6 Å². The quantitative estimate of drug-likeness (QED) is 0.408. The van der Waals surface area contributed by atoms with Crippen molar-refractivity contribution in [2.45, 2.75) is 31.9 Å². The third kappa shape index (κ3) is 7.27. The molecule has 0 fully saturated rings. The summed E-state index contributed by atoms with van der Waals surface area (Å²) >= 11 is 0. The smallest absolute Gasteiger partial charge is 0.381 e. The SMILES string of the molecule is O=C(Cc1ccc(NCc2cccc(C(F)(F)F)c2)cc1)NCc1cccc(C(F)(F)F)c1. The molecule has 9 heteroatoms. The fraction of sp³-hybridized carbons (Fsp3) is 0.208. The summed E-state index contributed by atoms with van der Waals surface area (Å²) < 4.78 is 76.7. The molecule has 0 atom stereocenters. The van der Waals surface area contributed by atoms with Crippen LogP contribution in [0.2, 0.25) is 0 Å². The van der Waals surface area contributed by atoms with Crippen molar-refractivity contribution in [3.05, 3.63) is 101 Å². The molecule has 33 heavy (non-hydrogen) atoms. The topological polar surface area (TPSA) is 41.1 Å². The zero-order valence-corrected chi connectivity index (χ0v) is 17.2. The second kappa shape index (κ2) is 9.97. The minimum Gasteiger partial charge on any atom is -0.381 e. The summed E-state index contributed by atoms with van der Waals surface area (Å²) in [7, 11) is 0. The van der Waals surface area contributed by atoms with Crippen molar-refractivity contribution in [1.29, 1.82) is 0 Å². The van der Waals surface area contributed by atoms with Crippen LogP contribution in [0.5, 0.6) is 0 Å². The predicted molar refractivity (Wildman–Crippen MR) is 112 cm³/mol. The van der Waals surface area contributed by atoms with Crippen molar-refractivity contribution in [3.63, 3.8) is 0 Å². The first-order valence-corrected chi connectivity index (χ1v) is 9.92. The highest BCUT2D eigenvalue weighted by Crippen LogP contribution is 2.30. The Morgan fingerprint density at radius 2 is 1.18 bits per heavy atom. The zero-order chi connectivity index (χ0) is 24.1. The normalized spacial score (nSPS) is 11.8. The second-order valence-corrected chi connectivity index (χ2v) is 7.40. The van der Waals surface area contributed by atoms with Gasteiger partial charge in [0.15, 0.2) is 0 Å². The number of nitrogens with one attached hydrogen (secondary N) is 2. The Bertz CT molecular complexity index is 1090. The Kier molecular flexibility index (Phi) is 7.30. The lowest BCUT2D eigenvalue weighted by atomic mass is 10.1. The van der Waals surface area contributed by atoms with Gasteiger partial charge in [0.05, 0.1) is 17.5 Å². The number of benzene rings is 3. The molecule has 0 aromatic heterocycles. The number of alkyl halides is 6. The van der Waals surface area contributed by atoms with Gasteiger partial charge in [0, 0.05) is 18.8 Å². The molecule has 3 rings (SSSR count). The Morgan fingerprint density at radius 3 is 1.70 bits per heavy atom. The monoisotopic (exact) mass is 466 g/mol. The third-order valence-corrected chi connectivity index (χ3v) is 4.81. The summed E-state index contributed by atoms with van der Waals surface area (Å²) in [5.74, 6) is -0.350. The van der Waals surface area contributed by atoms with Gasteiger partial charge in [0.1, 0.15) is 0 Å². The minimum absolute atomic E-state index is 0.0284. The van der Waals surface area contributed by atoms with Crippen LogP contribution in [-0.2, 0) is 36.7 Å². The van der Waals surface area contributed by atoms with Gasteiger partial charge in [-0.1, -0.05) is 36.4 Å². The molecule has 0 bridgehead atoms. The van der Waals surface area contributed by atoms with Gasteiger partial charge in [0.25, 0.3) is 0 Å². The van der Waals surface area contributed by atoms with E-state index in [1.807, 2.05) is 0 Å². The van der Waals surface area contributed by atoms with E-state index in [2.05, 4.69) is 10.6 Å². The highest BCUT2D eigenvalue weighted by atomic mass is 19.4. The molecule has 174 valence electrons. The fourth-order valence-electron chi connectivity index (χ4n) is 3.11. The van der Waals surface area contributed by atoms with Crippen molar-refractivity contribution >= 4 is 11.6 Å². The Labute approximate surface area is 186 Å². The summed E-state index contributed by atoms with van der Waals surface area (Å²) in [6, 6.07) is 16.6. The molecule has 0 unspecified atom stereocenters. The summed E-state index contributed by atoms with van der Waals surface area (Å²) in [5, 5.41) is 5.62. The third-order valence-electron chi connectivity index (χ3n) is 4.81. The number of halogens is 6. The van der Waals surface area contributed by atoms with Gasteiger partial charge in [0.2, 0.25) is 5.91 Å². The van der Waals surface area contributed by atoms with Crippen molar-refractivity contribution in [2.24, 2.45) is 0 Å². The van der Waals surface area contributed by atoms with Crippen LogP contribution in [0.3, 0.4) is 0 Å². The molecule has 0 saturated carbocycles. The van der Waals surface area contributed by atoms with Gasteiger partial charge < -0.3 is 10.6 Å². The molecule has 0 saturated heterocycles. The number of amides is 1. The van der Waals surface area contributed by atoms with E-state index in [9.17, 15) is 31.1 Å². The van der Waals surface area contributed by atoms with Crippen molar-refractivity contribution in [3.8, 4) is 0 Å². The molecule has 0 radical (unpaired) electrons. The Balaban J connectivity index is 1.50. The number of carbonyl (C=O) groups excluding carboxylic acids is 1. The summed E-state index contributed by atoms with van der Waals surface area (Å²) in [6.07, 6.45) is -8.82. The molecule has 0 heterocycles. The van der Waals surface area contributed by atoms with E-state index in [0.717, 1.165) is 24.3 Å². The fourth-order valence-corrected chi connectivity index (χ4v) is 3.11. The summed E-state index contributed by atoms with van der Waals surface area (Å²) in [4.78, 5) is 12.1. The van der Waals surface area contributed by atoms with Gasteiger partial charge in [-0.2, -0.15) is 26.3 Å². The van der Waals surface area contributed by atoms with Crippen LogP contribution in [0.1, 0.15) is 27.8 Å². The highest BCUT2D eigenvalue weighted by molar-refractivity contribution is 5.78. The number of carbonyl (C=O) groups is 1. The lowest BCUT2D eigenvalue weighted by Crippen LogP contribution is -2.24. The molecule has 0 aliphatic carbocycles. The van der Waals surface area contributed by atoms with Gasteiger partial charge in [-0.3, -0.25) is 4.79 Å². The maximum atomic E-state index is 12.8. The van der Waals surface area contributed by atoms with E-state index in [0.29, 0.717) is 22.4 Å². The largest absolute Gasteiger partial charge is 0.416 e. The number of rotatable bonds is 7. The summed E-state index contributed by atoms with van der Waals surface area (Å²) in [6.45, 7) is 0.167. The lowest BCUT2D eigenvalue weighted by molar-refractivity contribution is -0.138. The molecular formula is C24H20F6N2O. The van der Waals surface area contributed by atoms with E-state index in [-0.39, 0.29) is 25.4 Å². The van der Waals surface area contributed by atoms with Crippen molar-refractivity contribution in [2.75, 3.05) is 5.32 Å². The zero-order valence-electron chi connectivity index (χ0n) is 17.2. The van der Waals surface area contributed by atoms with E-state index in [1.54, 1.807) is 30.3 Å². The van der Waals surface area contributed by atoms with Crippen LogP contribution in [0, 0.1) is 0 Å². The molecule has 0 aliphatic heterocycles. The van der Waals surface area contributed by atoms with Gasteiger partial charge >= 0.3 is 12.4 Å². The maximum Gasteiger partial charge on any atom is 0.416 e. The molecule has 2 N–H and O–H groups in total. The van der Waals surface area contributed by atoms with Gasteiger partial charge in [-0.05, 0) is 53.1 Å². The average Bonchev–Trinajstić information content (AvgIpc) is 2.76. The van der Waals surface area contributed by atoms with Crippen LogP contribution in [0.25, 0.3) is 0 Å². The minimum atomic E-state index is -4.45. The second-order valence-electron chi connectivity index (χ2n) is 7.40. The Morgan fingerprint density at radius 1 is 0.667 bits per heavy atom. The van der Waals surface area contributed by atoms with Crippen LogP contribution in [0.15, 0.2) is 72.8 Å². The molecule has 3 aromatic rings. The average molecular weight is 466 g/mol.